The lowest BCUT2D eigenvalue weighted by molar-refractivity contribution is -0.116. The average Bonchev–Trinajstić information content (AvgIpc) is 2.15. The van der Waals surface area contributed by atoms with Crippen LogP contribution in [0.4, 0.5) is 0 Å². The van der Waals surface area contributed by atoms with Gasteiger partial charge in [0, 0.05) is 19.5 Å². The summed E-state index contributed by atoms with van der Waals surface area (Å²) in [5.74, 6) is 0.255. The summed E-state index contributed by atoms with van der Waals surface area (Å²) in [4.78, 5) is 10.5. The standard InChI is InChI=1S/C7H11NO/c1-6(9)4-7-2-3-8-5-7/h2,8H,3-5H2,1H3. The van der Waals surface area contributed by atoms with E-state index < -0.39 is 0 Å². The molecule has 0 atom stereocenters. The van der Waals surface area contributed by atoms with Gasteiger partial charge in [-0.2, -0.15) is 0 Å². The second-order valence-corrected chi connectivity index (χ2v) is 2.37. The van der Waals surface area contributed by atoms with Crippen LogP contribution in [0.15, 0.2) is 11.6 Å². The summed E-state index contributed by atoms with van der Waals surface area (Å²) < 4.78 is 0. The van der Waals surface area contributed by atoms with Crippen molar-refractivity contribution >= 4 is 5.78 Å². The molecular formula is C7H11NO. The molecule has 0 unspecified atom stereocenters. The lowest BCUT2D eigenvalue weighted by Gasteiger charge is -1.94. The minimum Gasteiger partial charge on any atom is -0.310 e. The maximum atomic E-state index is 10.5. The quantitative estimate of drug-likeness (QED) is 0.544. The molecule has 0 aromatic carbocycles. The number of ketones is 1. The Morgan fingerprint density at radius 1 is 1.89 bits per heavy atom. The zero-order valence-electron chi connectivity index (χ0n) is 5.61. The highest BCUT2D eigenvalue weighted by Crippen LogP contribution is 2.03. The Morgan fingerprint density at radius 3 is 3.11 bits per heavy atom. The molecule has 0 saturated carbocycles. The van der Waals surface area contributed by atoms with Gasteiger partial charge in [-0.1, -0.05) is 11.6 Å². The van der Waals surface area contributed by atoms with Crippen molar-refractivity contribution < 1.29 is 4.79 Å². The molecule has 0 spiro atoms. The first-order valence-corrected chi connectivity index (χ1v) is 3.17. The van der Waals surface area contributed by atoms with E-state index in [-0.39, 0.29) is 5.78 Å². The Bertz CT molecular complexity index is 149. The molecule has 2 nitrogen and oxygen atoms in total. The van der Waals surface area contributed by atoms with Gasteiger partial charge in [0.25, 0.3) is 0 Å². The van der Waals surface area contributed by atoms with Crippen LogP contribution in [0.1, 0.15) is 13.3 Å². The van der Waals surface area contributed by atoms with Crippen molar-refractivity contribution in [1.29, 1.82) is 0 Å². The Labute approximate surface area is 54.9 Å². The lowest BCUT2D eigenvalue weighted by atomic mass is 10.1. The predicted octanol–water partition coefficient (Wildman–Crippen LogP) is 0.495. The van der Waals surface area contributed by atoms with E-state index in [4.69, 9.17) is 0 Å². The Kier molecular flexibility index (Phi) is 2.01. The zero-order valence-corrected chi connectivity index (χ0v) is 5.61. The first-order valence-electron chi connectivity index (χ1n) is 3.17. The molecule has 50 valence electrons. The number of Topliss-reactive ketones (excluding diaryl/α,β-unsaturated/α-hetero) is 1. The number of hydrogen-bond acceptors (Lipinski definition) is 2. The van der Waals surface area contributed by atoms with Gasteiger partial charge in [-0.05, 0) is 6.92 Å². The van der Waals surface area contributed by atoms with Crippen molar-refractivity contribution in [3.63, 3.8) is 0 Å². The molecule has 1 N–H and O–H groups in total. The summed E-state index contributed by atoms with van der Waals surface area (Å²) in [6.07, 6.45) is 2.72. The molecule has 0 aromatic heterocycles. The number of hydrogen-bond donors (Lipinski definition) is 1. The molecule has 1 rings (SSSR count). The fourth-order valence-electron chi connectivity index (χ4n) is 0.976. The number of rotatable bonds is 2. The highest BCUT2D eigenvalue weighted by molar-refractivity contribution is 5.78. The van der Waals surface area contributed by atoms with Crippen molar-refractivity contribution in [2.45, 2.75) is 13.3 Å². The van der Waals surface area contributed by atoms with Crippen LogP contribution in [0.25, 0.3) is 0 Å². The average molecular weight is 125 g/mol. The highest BCUT2D eigenvalue weighted by atomic mass is 16.1. The molecular weight excluding hydrogens is 114 g/mol. The molecule has 0 fully saturated rings. The minimum atomic E-state index is 0.255. The van der Waals surface area contributed by atoms with Crippen LogP contribution in [0.3, 0.4) is 0 Å². The summed E-state index contributed by atoms with van der Waals surface area (Å²) in [7, 11) is 0. The summed E-state index contributed by atoms with van der Waals surface area (Å²) in [6.45, 7) is 3.46. The van der Waals surface area contributed by atoms with Gasteiger partial charge in [0.2, 0.25) is 0 Å². The Morgan fingerprint density at radius 2 is 2.67 bits per heavy atom. The van der Waals surface area contributed by atoms with Crippen molar-refractivity contribution in [3.05, 3.63) is 11.6 Å². The molecule has 0 bridgehead atoms. The topological polar surface area (TPSA) is 29.1 Å². The number of nitrogens with one attached hydrogen (secondary N) is 1. The third-order valence-electron chi connectivity index (χ3n) is 1.36. The summed E-state index contributed by atoms with van der Waals surface area (Å²) in [6, 6.07) is 0. The van der Waals surface area contributed by atoms with Gasteiger partial charge >= 0.3 is 0 Å². The molecule has 1 aliphatic rings. The second-order valence-electron chi connectivity index (χ2n) is 2.37. The maximum absolute atomic E-state index is 10.5. The number of carbonyl (C=O) groups excluding carboxylic acids is 1. The van der Waals surface area contributed by atoms with E-state index in [9.17, 15) is 4.79 Å². The molecule has 1 aliphatic heterocycles. The lowest BCUT2D eigenvalue weighted by Crippen LogP contribution is -2.08. The SMILES string of the molecule is CC(=O)CC1=CCNC1. The van der Waals surface area contributed by atoms with Crippen LogP contribution in [-0.4, -0.2) is 18.9 Å². The Balaban J connectivity index is 2.35. The summed E-state index contributed by atoms with van der Waals surface area (Å²) in [5, 5.41) is 3.13. The van der Waals surface area contributed by atoms with Crippen LogP contribution in [0, 0.1) is 0 Å². The van der Waals surface area contributed by atoms with Gasteiger partial charge in [-0.15, -0.1) is 0 Å². The monoisotopic (exact) mass is 125 g/mol. The maximum Gasteiger partial charge on any atom is 0.133 e. The van der Waals surface area contributed by atoms with E-state index in [0.29, 0.717) is 6.42 Å². The molecule has 9 heavy (non-hydrogen) atoms. The fraction of sp³-hybridized carbons (Fsp3) is 0.571. The van der Waals surface area contributed by atoms with Gasteiger partial charge in [-0.3, -0.25) is 4.79 Å². The second kappa shape index (κ2) is 2.78. The van der Waals surface area contributed by atoms with Gasteiger partial charge in [0.1, 0.15) is 5.78 Å². The third kappa shape index (κ3) is 1.98. The minimum absolute atomic E-state index is 0.255. The number of carbonyl (C=O) groups is 1. The fourth-order valence-corrected chi connectivity index (χ4v) is 0.976. The van der Waals surface area contributed by atoms with E-state index in [0.717, 1.165) is 13.1 Å². The van der Waals surface area contributed by atoms with E-state index in [1.165, 1.54) is 5.57 Å². The van der Waals surface area contributed by atoms with Gasteiger partial charge in [0.15, 0.2) is 0 Å². The molecule has 1 heterocycles. The van der Waals surface area contributed by atoms with Crippen molar-refractivity contribution in [2.24, 2.45) is 0 Å². The van der Waals surface area contributed by atoms with Crippen molar-refractivity contribution in [2.75, 3.05) is 13.1 Å². The van der Waals surface area contributed by atoms with Crippen LogP contribution in [-0.2, 0) is 4.79 Å². The summed E-state index contributed by atoms with van der Waals surface area (Å²) in [5.41, 5.74) is 1.24. The van der Waals surface area contributed by atoms with Gasteiger partial charge in [-0.25, -0.2) is 0 Å². The summed E-state index contributed by atoms with van der Waals surface area (Å²) >= 11 is 0. The molecule has 0 aromatic rings. The van der Waals surface area contributed by atoms with E-state index in [1.54, 1.807) is 6.92 Å². The highest BCUT2D eigenvalue weighted by Gasteiger charge is 2.04. The molecule has 0 amide bonds. The Hall–Kier alpha value is -0.630. The van der Waals surface area contributed by atoms with Crippen LogP contribution < -0.4 is 5.32 Å². The van der Waals surface area contributed by atoms with Crippen LogP contribution >= 0.6 is 0 Å². The van der Waals surface area contributed by atoms with E-state index in [1.807, 2.05) is 0 Å². The molecule has 0 saturated heterocycles. The van der Waals surface area contributed by atoms with Crippen LogP contribution in [0.2, 0.25) is 0 Å². The van der Waals surface area contributed by atoms with Gasteiger partial charge < -0.3 is 5.32 Å². The third-order valence-corrected chi connectivity index (χ3v) is 1.36. The van der Waals surface area contributed by atoms with Crippen molar-refractivity contribution in [3.8, 4) is 0 Å². The van der Waals surface area contributed by atoms with Crippen molar-refractivity contribution in [1.82, 2.24) is 5.32 Å². The molecule has 2 heteroatoms. The first kappa shape index (κ1) is 6.49. The zero-order chi connectivity index (χ0) is 6.69. The largest absolute Gasteiger partial charge is 0.310 e. The molecule has 0 aliphatic carbocycles. The van der Waals surface area contributed by atoms with Crippen LogP contribution in [0.5, 0.6) is 0 Å². The normalized spacial score (nSPS) is 17.7. The smallest absolute Gasteiger partial charge is 0.133 e. The van der Waals surface area contributed by atoms with E-state index >= 15 is 0 Å². The van der Waals surface area contributed by atoms with Gasteiger partial charge in [0.05, 0.1) is 0 Å². The first-order chi connectivity index (χ1) is 4.29. The van der Waals surface area contributed by atoms with E-state index in [2.05, 4.69) is 11.4 Å². The molecule has 0 radical (unpaired) electrons. The predicted molar refractivity (Wildman–Crippen MR) is 36.3 cm³/mol.